The molecule has 0 N–H and O–H groups in total. The number of carbonyl (C=O) groups is 1. The lowest BCUT2D eigenvalue weighted by Gasteiger charge is -2.34. The summed E-state index contributed by atoms with van der Waals surface area (Å²) in [7, 11) is 1.38. The van der Waals surface area contributed by atoms with Crippen molar-refractivity contribution < 1.29 is 18.7 Å². The minimum Gasteiger partial charge on any atom is -0.489 e. The van der Waals surface area contributed by atoms with E-state index in [1.54, 1.807) is 35.5 Å². The molecule has 0 bridgehead atoms. The van der Waals surface area contributed by atoms with Crippen molar-refractivity contribution in [2.45, 2.75) is 6.61 Å². The molecule has 0 radical (unpaired) electrons. The molecule has 0 unspecified atom stereocenters. The van der Waals surface area contributed by atoms with Crippen LogP contribution in [-0.4, -0.2) is 53.8 Å². The third-order valence-corrected chi connectivity index (χ3v) is 5.26. The first-order valence-electron chi connectivity index (χ1n) is 10.2. The summed E-state index contributed by atoms with van der Waals surface area (Å²) in [5.74, 6) is 0.911. The normalized spacial score (nSPS) is 13.7. The van der Waals surface area contributed by atoms with Gasteiger partial charge in [0.2, 0.25) is 0 Å². The van der Waals surface area contributed by atoms with Crippen molar-refractivity contribution in [3.63, 3.8) is 0 Å². The molecule has 8 nitrogen and oxygen atoms in total. The molecule has 3 aromatic rings. The van der Waals surface area contributed by atoms with Crippen molar-refractivity contribution >= 4 is 11.9 Å². The second-order valence-corrected chi connectivity index (χ2v) is 7.30. The van der Waals surface area contributed by atoms with Crippen LogP contribution in [0.4, 0.5) is 15.0 Å². The van der Waals surface area contributed by atoms with E-state index in [-0.39, 0.29) is 24.1 Å². The number of benzene rings is 1. The topological polar surface area (TPSA) is 76.9 Å². The summed E-state index contributed by atoms with van der Waals surface area (Å²) >= 11 is 0. The van der Waals surface area contributed by atoms with Gasteiger partial charge in [0.25, 0.3) is 5.56 Å². The molecule has 1 aliphatic heterocycles. The Morgan fingerprint density at radius 3 is 2.44 bits per heavy atom. The lowest BCUT2D eigenvalue weighted by molar-refractivity contribution is 0.121. The maximum atomic E-state index is 13.0. The molecule has 0 atom stereocenters. The standard InChI is InChI=1S/C23H23FN4O4/c1-31-23(30)27-12-10-26(11-13-27)21-7-6-19(15-25-21)28-9-8-20(14-22(28)29)32-16-17-2-4-18(24)5-3-17/h2-9,14-15H,10-13,16H2,1H3. The Bertz CT molecular complexity index is 1120. The zero-order valence-electron chi connectivity index (χ0n) is 17.6. The zero-order valence-corrected chi connectivity index (χ0v) is 17.6. The predicted octanol–water partition coefficient (Wildman–Crippen LogP) is 2.84. The van der Waals surface area contributed by atoms with E-state index in [1.165, 1.54) is 29.9 Å². The summed E-state index contributed by atoms with van der Waals surface area (Å²) in [4.78, 5) is 32.4. The van der Waals surface area contributed by atoms with Gasteiger partial charge in [-0.05, 0) is 35.9 Å². The quantitative estimate of drug-likeness (QED) is 0.610. The summed E-state index contributed by atoms with van der Waals surface area (Å²) in [6.45, 7) is 2.68. The fourth-order valence-corrected chi connectivity index (χ4v) is 3.47. The molecule has 32 heavy (non-hydrogen) atoms. The first kappa shape index (κ1) is 21.4. The highest BCUT2D eigenvalue weighted by Crippen LogP contribution is 2.17. The van der Waals surface area contributed by atoms with E-state index in [1.807, 2.05) is 12.1 Å². The van der Waals surface area contributed by atoms with Gasteiger partial charge in [0.1, 0.15) is 24.0 Å². The van der Waals surface area contributed by atoms with Crippen LogP contribution < -0.4 is 15.2 Å². The van der Waals surface area contributed by atoms with Crippen LogP contribution in [-0.2, 0) is 11.3 Å². The highest BCUT2D eigenvalue weighted by Gasteiger charge is 2.22. The Labute approximate surface area is 184 Å². The van der Waals surface area contributed by atoms with Crippen LogP contribution in [0.3, 0.4) is 0 Å². The molecule has 0 spiro atoms. The van der Waals surface area contributed by atoms with Crippen LogP contribution in [0.5, 0.6) is 5.75 Å². The van der Waals surface area contributed by atoms with Gasteiger partial charge in [-0.25, -0.2) is 14.2 Å². The summed E-state index contributed by atoms with van der Waals surface area (Å²) in [5.41, 5.74) is 1.20. The van der Waals surface area contributed by atoms with E-state index < -0.39 is 0 Å². The lowest BCUT2D eigenvalue weighted by atomic mass is 10.2. The Kier molecular flexibility index (Phi) is 6.34. The molecule has 0 saturated carbocycles. The summed E-state index contributed by atoms with van der Waals surface area (Å²) in [6.07, 6.45) is 2.95. The monoisotopic (exact) mass is 438 g/mol. The molecule has 1 aromatic carbocycles. The van der Waals surface area contributed by atoms with Crippen molar-refractivity contribution in [1.29, 1.82) is 0 Å². The molecule has 1 amide bonds. The van der Waals surface area contributed by atoms with Crippen molar-refractivity contribution in [1.82, 2.24) is 14.5 Å². The molecule has 1 fully saturated rings. The molecule has 0 aliphatic carbocycles. The summed E-state index contributed by atoms with van der Waals surface area (Å²) in [6, 6.07) is 12.8. The van der Waals surface area contributed by atoms with Gasteiger partial charge in [-0.1, -0.05) is 12.1 Å². The second-order valence-electron chi connectivity index (χ2n) is 7.30. The van der Waals surface area contributed by atoms with Crippen LogP contribution in [0.15, 0.2) is 65.7 Å². The number of pyridine rings is 2. The number of carbonyl (C=O) groups excluding carboxylic acids is 1. The molecule has 4 rings (SSSR count). The molecular formula is C23H23FN4O4. The summed E-state index contributed by atoms with van der Waals surface area (Å²) in [5, 5.41) is 0. The predicted molar refractivity (Wildman–Crippen MR) is 117 cm³/mol. The summed E-state index contributed by atoms with van der Waals surface area (Å²) < 4.78 is 24.9. The molecule has 9 heteroatoms. The molecule has 1 aliphatic rings. The third-order valence-electron chi connectivity index (χ3n) is 5.26. The van der Waals surface area contributed by atoms with Crippen molar-refractivity contribution in [3.05, 3.63) is 82.7 Å². The van der Waals surface area contributed by atoms with Gasteiger partial charge >= 0.3 is 6.09 Å². The van der Waals surface area contributed by atoms with Crippen molar-refractivity contribution in [2.24, 2.45) is 0 Å². The number of rotatable bonds is 5. The average molecular weight is 438 g/mol. The maximum absolute atomic E-state index is 13.0. The number of ether oxygens (including phenoxy) is 2. The molecule has 2 aromatic heterocycles. The Hall–Kier alpha value is -3.88. The largest absolute Gasteiger partial charge is 0.489 e. The number of halogens is 1. The minimum atomic E-state index is -0.322. The maximum Gasteiger partial charge on any atom is 0.409 e. The van der Waals surface area contributed by atoms with Crippen molar-refractivity contribution in [2.75, 3.05) is 38.2 Å². The average Bonchev–Trinajstić information content (AvgIpc) is 2.83. The fraction of sp³-hybridized carbons (Fsp3) is 0.261. The zero-order chi connectivity index (χ0) is 22.5. The van der Waals surface area contributed by atoms with Crippen LogP contribution in [0, 0.1) is 5.82 Å². The van der Waals surface area contributed by atoms with E-state index in [0.29, 0.717) is 37.6 Å². The first-order chi connectivity index (χ1) is 15.5. The van der Waals surface area contributed by atoms with Gasteiger partial charge in [0.05, 0.1) is 19.0 Å². The van der Waals surface area contributed by atoms with E-state index >= 15 is 0 Å². The number of amides is 1. The third kappa shape index (κ3) is 4.88. The molecule has 1 saturated heterocycles. The highest BCUT2D eigenvalue weighted by atomic mass is 19.1. The van der Waals surface area contributed by atoms with Gasteiger partial charge in [0.15, 0.2) is 0 Å². The number of methoxy groups -OCH3 is 1. The Morgan fingerprint density at radius 1 is 1.06 bits per heavy atom. The fourth-order valence-electron chi connectivity index (χ4n) is 3.47. The van der Waals surface area contributed by atoms with Crippen LogP contribution in [0.25, 0.3) is 5.69 Å². The number of hydrogen-bond donors (Lipinski definition) is 0. The van der Waals surface area contributed by atoms with E-state index in [9.17, 15) is 14.0 Å². The van der Waals surface area contributed by atoms with Crippen LogP contribution >= 0.6 is 0 Å². The van der Waals surface area contributed by atoms with Crippen LogP contribution in [0.2, 0.25) is 0 Å². The smallest absolute Gasteiger partial charge is 0.409 e. The number of hydrogen-bond acceptors (Lipinski definition) is 6. The Morgan fingerprint density at radius 2 is 1.81 bits per heavy atom. The number of nitrogens with zero attached hydrogens (tertiary/aromatic N) is 4. The van der Waals surface area contributed by atoms with Gasteiger partial charge in [-0.2, -0.15) is 0 Å². The SMILES string of the molecule is COC(=O)N1CCN(c2ccc(-n3ccc(OCc4ccc(F)cc4)cc3=O)cn2)CC1. The van der Waals surface area contributed by atoms with E-state index in [0.717, 1.165) is 11.4 Å². The molecule has 166 valence electrons. The highest BCUT2D eigenvalue weighted by molar-refractivity contribution is 5.67. The van der Waals surface area contributed by atoms with Crippen LogP contribution in [0.1, 0.15) is 5.56 Å². The number of aromatic nitrogens is 2. The number of anilines is 1. The first-order valence-corrected chi connectivity index (χ1v) is 10.2. The Balaban J connectivity index is 1.39. The van der Waals surface area contributed by atoms with Gasteiger partial charge in [0, 0.05) is 38.4 Å². The lowest BCUT2D eigenvalue weighted by Crippen LogP contribution is -2.49. The number of piperazine rings is 1. The van der Waals surface area contributed by atoms with E-state index in [4.69, 9.17) is 9.47 Å². The van der Waals surface area contributed by atoms with Gasteiger partial charge in [-0.15, -0.1) is 0 Å². The van der Waals surface area contributed by atoms with Gasteiger partial charge in [-0.3, -0.25) is 9.36 Å². The second kappa shape index (κ2) is 9.51. The molecule has 3 heterocycles. The van der Waals surface area contributed by atoms with Gasteiger partial charge < -0.3 is 19.3 Å². The van der Waals surface area contributed by atoms with E-state index in [2.05, 4.69) is 9.88 Å². The molecular weight excluding hydrogens is 415 g/mol. The van der Waals surface area contributed by atoms with Crippen molar-refractivity contribution in [3.8, 4) is 11.4 Å². The minimum absolute atomic E-state index is 0.239.